The van der Waals surface area contributed by atoms with E-state index >= 15 is 0 Å². The number of anilines is 1. The van der Waals surface area contributed by atoms with E-state index in [1.807, 2.05) is 13.0 Å². The first kappa shape index (κ1) is 19.6. The van der Waals surface area contributed by atoms with Crippen LogP contribution in [0.1, 0.15) is 24.9 Å². The Hall–Kier alpha value is -1.71. The predicted molar refractivity (Wildman–Crippen MR) is 99.0 cm³/mol. The van der Waals surface area contributed by atoms with E-state index < -0.39 is 10.0 Å². The lowest BCUT2D eigenvalue weighted by Crippen LogP contribution is -2.29. The Morgan fingerprint density at radius 1 is 1.32 bits per heavy atom. The van der Waals surface area contributed by atoms with E-state index in [2.05, 4.69) is 21.5 Å². The molecular formula is C16H27N5O3S. The Morgan fingerprint density at radius 3 is 2.68 bits per heavy atom. The minimum absolute atomic E-state index is 0.335. The number of aryl methyl sites for hydroxylation is 2. The average molecular weight is 369 g/mol. The minimum atomic E-state index is -3.17. The number of hydrogen-bond acceptors (Lipinski definition) is 6. The number of nitrogens with two attached hydrogens (primary N) is 1. The zero-order valence-electron chi connectivity index (χ0n) is 15.3. The van der Waals surface area contributed by atoms with Crippen molar-refractivity contribution in [3.8, 4) is 0 Å². The Morgan fingerprint density at radius 2 is 2.04 bits per heavy atom. The van der Waals surface area contributed by atoms with Crippen molar-refractivity contribution in [3.63, 3.8) is 0 Å². The SMILES string of the molecule is CCCc1nc2c(N)nc(C)cc2n1CCOCCN(C)S(C)(=O)=O. The van der Waals surface area contributed by atoms with Crippen molar-refractivity contribution < 1.29 is 13.2 Å². The molecule has 0 fully saturated rings. The highest BCUT2D eigenvalue weighted by Gasteiger charge is 2.14. The Kier molecular flexibility index (Phi) is 6.36. The molecule has 2 heterocycles. The van der Waals surface area contributed by atoms with Crippen molar-refractivity contribution in [2.45, 2.75) is 33.2 Å². The highest BCUT2D eigenvalue weighted by atomic mass is 32.2. The number of nitrogens with zero attached hydrogens (tertiary/aromatic N) is 4. The topological polar surface area (TPSA) is 103 Å². The summed E-state index contributed by atoms with van der Waals surface area (Å²) < 4.78 is 31.7. The molecule has 140 valence electrons. The fourth-order valence-electron chi connectivity index (χ4n) is 2.60. The van der Waals surface area contributed by atoms with Crippen molar-refractivity contribution in [3.05, 3.63) is 17.6 Å². The number of likely N-dealkylation sites (N-methyl/N-ethyl adjacent to an activating group) is 1. The summed E-state index contributed by atoms with van der Waals surface area (Å²) in [6.45, 7) is 5.81. The van der Waals surface area contributed by atoms with Crippen molar-refractivity contribution >= 4 is 26.9 Å². The molecule has 2 rings (SSSR count). The van der Waals surface area contributed by atoms with Gasteiger partial charge in [-0.05, 0) is 19.4 Å². The van der Waals surface area contributed by atoms with E-state index in [9.17, 15) is 8.42 Å². The summed E-state index contributed by atoms with van der Waals surface area (Å²) in [5.74, 6) is 1.41. The van der Waals surface area contributed by atoms with E-state index in [1.165, 1.54) is 10.6 Å². The van der Waals surface area contributed by atoms with Crippen LogP contribution in [0.4, 0.5) is 5.82 Å². The lowest BCUT2D eigenvalue weighted by Gasteiger charge is -2.14. The van der Waals surface area contributed by atoms with Gasteiger partial charge < -0.3 is 15.0 Å². The maximum absolute atomic E-state index is 11.3. The van der Waals surface area contributed by atoms with E-state index in [4.69, 9.17) is 10.5 Å². The first-order valence-electron chi connectivity index (χ1n) is 8.35. The number of fused-ring (bicyclic) bond motifs is 1. The van der Waals surface area contributed by atoms with E-state index in [-0.39, 0.29) is 0 Å². The van der Waals surface area contributed by atoms with Gasteiger partial charge in [-0.1, -0.05) is 6.92 Å². The van der Waals surface area contributed by atoms with Crippen LogP contribution >= 0.6 is 0 Å². The molecule has 2 N–H and O–H groups in total. The maximum Gasteiger partial charge on any atom is 0.211 e. The zero-order chi connectivity index (χ0) is 18.6. The number of sulfonamides is 1. The van der Waals surface area contributed by atoms with Gasteiger partial charge in [-0.2, -0.15) is 0 Å². The molecular weight excluding hydrogens is 342 g/mol. The second-order valence-electron chi connectivity index (χ2n) is 6.14. The van der Waals surface area contributed by atoms with Crippen molar-refractivity contribution in [1.29, 1.82) is 0 Å². The Labute approximate surface area is 149 Å². The van der Waals surface area contributed by atoms with Crippen LogP contribution in [-0.4, -0.2) is 60.3 Å². The van der Waals surface area contributed by atoms with Crippen LogP contribution < -0.4 is 5.73 Å². The van der Waals surface area contributed by atoms with Crippen LogP contribution in [0.15, 0.2) is 6.07 Å². The van der Waals surface area contributed by atoms with E-state index in [0.717, 1.165) is 35.4 Å². The molecule has 0 unspecified atom stereocenters. The van der Waals surface area contributed by atoms with Crippen LogP contribution in [0.5, 0.6) is 0 Å². The first-order chi connectivity index (χ1) is 11.7. The van der Waals surface area contributed by atoms with Gasteiger partial charge in [0.1, 0.15) is 11.3 Å². The molecule has 2 aromatic heterocycles. The predicted octanol–water partition coefficient (Wildman–Crippen LogP) is 1.18. The minimum Gasteiger partial charge on any atom is -0.382 e. The van der Waals surface area contributed by atoms with Gasteiger partial charge in [0.05, 0.1) is 25.0 Å². The lowest BCUT2D eigenvalue weighted by atomic mass is 10.3. The third-order valence-electron chi connectivity index (χ3n) is 4.02. The summed E-state index contributed by atoms with van der Waals surface area (Å²) >= 11 is 0. The average Bonchev–Trinajstić information content (AvgIpc) is 2.84. The molecule has 25 heavy (non-hydrogen) atoms. The fourth-order valence-corrected chi connectivity index (χ4v) is 3.01. The van der Waals surface area contributed by atoms with E-state index in [0.29, 0.717) is 32.1 Å². The van der Waals surface area contributed by atoms with Crippen molar-refractivity contribution in [1.82, 2.24) is 18.8 Å². The van der Waals surface area contributed by atoms with Crippen LogP contribution in [0.2, 0.25) is 0 Å². The molecule has 0 saturated carbocycles. The largest absolute Gasteiger partial charge is 0.382 e. The first-order valence-corrected chi connectivity index (χ1v) is 10.2. The number of imidazole rings is 1. The van der Waals surface area contributed by atoms with Crippen molar-refractivity contribution in [2.24, 2.45) is 0 Å². The van der Waals surface area contributed by atoms with Gasteiger partial charge in [-0.3, -0.25) is 0 Å². The summed E-state index contributed by atoms with van der Waals surface area (Å²) in [4.78, 5) is 8.91. The summed E-state index contributed by atoms with van der Waals surface area (Å²) in [5.41, 5.74) is 8.55. The molecule has 0 aliphatic rings. The van der Waals surface area contributed by atoms with Crippen LogP contribution in [0, 0.1) is 6.92 Å². The van der Waals surface area contributed by atoms with E-state index in [1.54, 1.807) is 7.05 Å². The van der Waals surface area contributed by atoms with Gasteiger partial charge in [-0.15, -0.1) is 0 Å². The molecule has 0 amide bonds. The highest BCUT2D eigenvalue weighted by molar-refractivity contribution is 7.88. The molecule has 2 aromatic rings. The van der Waals surface area contributed by atoms with Gasteiger partial charge in [0.25, 0.3) is 0 Å². The van der Waals surface area contributed by atoms with Crippen LogP contribution in [0.25, 0.3) is 11.0 Å². The molecule has 0 spiro atoms. The molecule has 0 saturated heterocycles. The third kappa shape index (κ3) is 4.90. The zero-order valence-corrected chi connectivity index (χ0v) is 16.1. The monoisotopic (exact) mass is 369 g/mol. The molecule has 0 aliphatic carbocycles. The molecule has 0 aromatic carbocycles. The third-order valence-corrected chi connectivity index (χ3v) is 5.34. The molecule has 8 nitrogen and oxygen atoms in total. The van der Waals surface area contributed by atoms with Crippen LogP contribution in [-0.2, 0) is 27.7 Å². The second-order valence-corrected chi connectivity index (χ2v) is 8.23. The van der Waals surface area contributed by atoms with Crippen molar-refractivity contribution in [2.75, 3.05) is 38.8 Å². The number of rotatable bonds is 9. The summed E-state index contributed by atoms with van der Waals surface area (Å²) in [6, 6.07) is 1.98. The standard InChI is InChI=1S/C16H27N5O3S/c1-5-6-14-19-15-13(11-12(2)18-16(15)17)21(14)8-10-24-9-7-20(3)25(4,22)23/h11H,5-10H2,1-4H3,(H2,17,18). The highest BCUT2D eigenvalue weighted by Crippen LogP contribution is 2.22. The molecule has 0 atom stereocenters. The molecule has 0 aliphatic heterocycles. The molecule has 9 heteroatoms. The summed E-state index contributed by atoms with van der Waals surface area (Å²) in [7, 11) is -1.63. The number of hydrogen-bond donors (Lipinski definition) is 1. The fraction of sp³-hybridized carbons (Fsp3) is 0.625. The second kappa shape index (κ2) is 8.11. The van der Waals surface area contributed by atoms with Gasteiger partial charge >= 0.3 is 0 Å². The van der Waals surface area contributed by atoms with Gasteiger partial charge in [-0.25, -0.2) is 22.7 Å². The Bertz CT molecular complexity index is 832. The normalized spacial score (nSPS) is 12.4. The van der Waals surface area contributed by atoms with Crippen LogP contribution in [0.3, 0.4) is 0 Å². The number of aromatic nitrogens is 3. The maximum atomic E-state index is 11.3. The number of ether oxygens (including phenoxy) is 1. The van der Waals surface area contributed by atoms with Gasteiger partial charge in [0.15, 0.2) is 5.82 Å². The lowest BCUT2D eigenvalue weighted by molar-refractivity contribution is 0.119. The van der Waals surface area contributed by atoms with Gasteiger partial charge in [0.2, 0.25) is 10.0 Å². The summed E-state index contributed by atoms with van der Waals surface area (Å²) in [6.07, 6.45) is 3.02. The number of nitrogen functional groups attached to an aromatic ring is 1. The Balaban J connectivity index is 2.06. The quantitative estimate of drug-likeness (QED) is 0.666. The number of pyridine rings is 1. The smallest absolute Gasteiger partial charge is 0.211 e. The van der Waals surface area contributed by atoms with Gasteiger partial charge in [0, 0.05) is 32.3 Å². The molecule has 0 radical (unpaired) electrons. The summed E-state index contributed by atoms with van der Waals surface area (Å²) in [5, 5.41) is 0. The molecule has 0 bridgehead atoms.